The molecule has 1 amide bonds. The molecule has 4 aromatic heterocycles. The van der Waals surface area contributed by atoms with Crippen LogP contribution in [0.2, 0.25) is 0 Å². The lowest BCUT2D eigenvalue weighted by molar-refractivity contribution is 0.0945. The normalized spacial score (nSPS) is 21.6. The van der Waals surface area contributed by atoms with Gasteiger partial charge in [-0.1, -0.05) is 18.6 Å². The summed E-state index contributed by atoms with van der Waals surface area (Å²) in [5.41, 5.74) is 3.11. The van der Waals surface area contributed by atoms with E-state index in [0.29, 0.717) is 11.7 Å². The molecule has 0 saturated heterocycles. The standard InChI is InChI=1S/C26H28N6O2/c1-30(22-11-17-5-7-19(22)10-17)14-18-6-8-23-28-20(16-31(23)15-18)13-27-26(34)21-12-25(33)32-9-3-2-4-24(32)29-21/h2-4,6,8-9,12,15-17,19,22H,5,7,10-11,13-14H2,1H3,(H,27,34)/t17-,19+,22+/m0/s1. The van der Waals surface area contributed by atoms with Crippen LogP contribution in [0.5, 0.6) is 0 Å². The van der Waals surface area contributed by atoms with E-state index in [0.717, 1.165) is 29.7 Å². The molecule has 34 heavy (non-hydrogen) atoms. The van der Waals surface area contributed by atoms with Crippen molar-refractivity contribution >= 4 is 17.2 Å². The molecule has 8 nitrogen and oxygen atoms in total. The minimum Gasteiger partial charge on any atom is -0.345 e. The first kappa shape index (κ1) is 21.0. The SMILES string of the molecule is CN(Cc1ccc2nc(CNC(=O)c3cc(=O)n4ccccc4n3)cn2c1)[C@@H]1C[C@H]2CC[C@@H]1C2. The second kappa shape index (κ2) is 8.36. The summed E-state index contributed by atoms with van der Waals surface area (Å²) in [6, 6.07) is 11.4. The number of aromatic nitrogens is 4. The molecule has 4 heterocycles. The van der Waals surface area contributed by atoms with E-state index >= 15 is 0 Å². The van der Waals surface area contributed by atoms with Gasteiger partial charge in [0.2, 0.25) is 0 Å². The number of carbonyl (C=O) groups excluding carboxylic acids is 1. The maximum absolute atomic E-state index is 12.6. The van der Waals surface area contributed by atoms with Gasteiger partial charge in [0.05, 0.1) is 12.2 Å². The molecule has 0 aliphatic heterocycles. The molecule has 6 rings (SSSR count). The molecule has 8 heteroatoms. The molecule has 0 spiro atoms. The predicted molar refractivity (Wildman–Crippen MR) is 129 cm³/mol. The molecule has 2 aliphatic rings. The molecule has 2 fully saturated rings. The van der Waals surface area contributed by atoms with E-state index in [1.807, 2.05) is 16.7 Å². The van der Waals surface area contributed by atoms with E-state index in [1.165, 1.54) is 41.7 Å². The summed E-state index contributed by atoms with van der Waals surface area (Å²) in [5, 5.41) is 2.83. The van der Waals surface area contributed by atoms with Crippen LogP contribution >= 0.6 is 0 Å². The number of rotatable bonds is 6. The summed E-state index contributed by atoms with van der Waals surface area (Å²) < 4.78 is 3.43. The van der Waals surface area contributed by atoms with Gasteiger partial charge in [-0.2, -0.15) is 0 Å². The van der Waals surface area contributed by atoms with E-state index in [2.05, 4.69) is 39.5 Å². The number of nitrogens with zero attached hydrogens (tertiary/aromatic N) is 5. The molecule has 1 N–H and O–H groups in total. The summed E-state index contributed by atoms with van der Waals surface area (Å²) >= 11 is 0. The van der Waals surface area contributed by atoms with Crippen molar-refractivity contribution < 1.29 is 4.79 Å². The van der Waals surface area contributed by atoms with E-state index in [-0.39, 0.29) is 17.8 Å². The van der Waals surface area contributed by atoms with E-state index in [1.54, 1.807) is 24.4 Å². The summed E-state index contributed by atoms with van der Waals surface area (Å²) in [5.74, 6) is 1.42. The van der Waals surface area contributed by atoms with E-state index in [9.17, 15) is 9.59 Å². The fourth-order valence-corrected chi connectivity index (χ4v) is 5.86. The van der Waals surface area contributed by atoms with Crippen LogP contribution in [0.3, 0.4) is 0 Å². The van der Waals surface area contributed by atoms with Crippen LogP contribution in [0, 0.1) is 11.8 Å². The average molecular weight is 457 g/mol. The number of hydrogen-bond acceptors (Lipinski definition) is 5. The highest BCUT2D eigenvalue weighted by molar-refractivity contribution is 5.92. The maximum atomic E-state index is 12.6. The molecule has 4 aromatic rings. The molecule has 0 radical (unpaired) electrons. The van der Waals surface area contributed by atoms with Crippen LogP contribution in [0.1, 0.15) is 47.4 Å². The first-order valence-corrected chi connectivity index (χ1v) is 12.0. The smallest absolute Gasteiger partial charge is 0.270 e. The monoisotopic (exact) mass is 456 g/mol. The van der Waals surface area contributed by atoms with Crippen molar-refractivity contribution in [3.05, 3.63) is 82.3 Å². The summed E-state index contributed by atoms with van der Waals surface area (Å²) in [7, 11) is 2.25. The van der Waals surface area contributed by atoms with Gasteiger partial charge in [-0.3, -0.25) is 18.9 Å². The highest BCUT2D eigenvalue weighted by atomic mass is 16.2. The van der Waals surface area contributed by atoms with E-state index < -0.39 is 5.91 Å². The van der Waals surface area contributed by atoms with Gasteiger partial charge in [-0.15, -0.1) is 0 Å². The van der Waals surface area contributed by atoms with Crippen molar-refractivity contribution in [2.24, 2.45) is 11.8 Å². The largest absolute Gasteiger partial charge is 0.345 e. The summed E-state index contributed by atoms with van der Waals surface area (Å²) in [6.45, 7) is 1.19. The third-order valence-electron chi connectivity index (χ3n) is 7.49. The Morgan fingerprint density at radius 3 is 2.85 bits per heavy atom. The minimum absolute atomic E-state index is 0.103. The van der Waals surface area contributed by atoms with Crippen LogP contribution in [0.25, 0.3) is 11.3 Å². The third kappa shape index (κ3) is 3.88. The molecule has 2 bridgehead atoms. The highest BCUT2D eigenvalue weighted by Crippen LogP contribution is 2.46. The van der Waals surface area contributed by atoms with Crippen molar-refractivity contribution in [3.63, 3.8) is 0 Å². The zero-order valence-corrected chi connectivity index (χ0v) is 19.2. The van der Waals surface area contributed by atoms with Crippen LogP contribution in [0.4, 0.5) is 0 Å². The molecule has 174 valence electrons. The lowest BCUT2D eigenvalue weighted by atomic mass is 9.94. The second-order valence-electron chi connectivity index (χ2n) is 9.78. The summed E-state index contributed by atoms with van der Waals surface area (Å²) in [4.78, 5) is 36.3. The predicted octanol–water partition coefficient (Wildman–Crippen LogP) is 2.89. The number of imidazole rings is 1. The number of amides is 1. The Balaban J connectivity index is 1.13. The van der Waals surface area contributed by atoms with E-state index in [4.69, 9.17) is 0 Å². The zero-order valence-electron chi connectivity index (χ0n) is 19.2. The fraction of sp³-hybridized carbons (Fsp3) is 0.385. The summed E-state index contributed by atoms with van der Waals surface area (Å²) in [6.07, 6.45) is 11.3. The molecule has 0 aromatic carbocycles. The molecule has 2 aliphatic carbocycles. The van der Waals surface area contributed by atoms with Gasteiger partial charge in [0.15, 0.2) is 0 Å². The van der Waals surface area contributed by atoms with Gasteiger partial charge in [0.25, 0.3) is 11.5 Å². The molecule has 3 atom stereocenters. The van der Waals surface area contributed by atoms with Crippen LogP contribution in [0.15, 0.2) is 59.8 Å². The van der Waals surface area contributed by atoms with Crippen molar-refractivity contribution in [1.82, 2.24) is 29.0 Å². The van der Waals surface area contributed by atoms with Crippen molar-refractivity contribution in [3.8, 4) is 0 Å². The Hall–Kier alpha value is -3.52. The third-order valence-corrected chi connectivity index (χ3v) is 7.49. The number of hydrogen-bond donors (Lipinski definition) is 1. The van der Waals surface area contributed by atoms with Gasteiger partial charge in [-0.05, 0) is 61.9 Å². The Morgan fingerprint density at radius 2 is 2.03 bits per heavy atom. The average Bonchev–Trinajstić information content (AvgIpc) is 3.58. The minimum atomic E-state index is -0.395. The maximum Gasteiger partial charge on any atom is 0.270 e. The van der Waals surface area contributed by atoms with Crippen molar-refractivity contribution in [2.75, 3.05) is 7.05 Å². The number of carbonyl (C=O) groups is 1. The van der Waals surface area contributed by atoms with Crippen molar-refractivity contribution in [2.45, 2.75) is 44.8 Å². The Kier molecular flexibility index (Phi) is 5.17. The fourth-order valence-electron chi connectivity index (χ4n) is 5.86. The Morgan fingerprint density at radius 1 is 1.12 bits per heavy atom. The first-order chi connectivity index (χ1) is 16.5. The molecular formula is C26H28N6O2. The molecule has 0 unspecified atom stereocenters. The topological polar surface area (TPSA) is 84.0 Å². The van der Waals surface area contributed by atoms with Gasteiger partial charge in [0, 0.05) is 37.2 Å². The highest BCUT2D eigenvalue weighted by Gasteiger charge is 2.41. The zero-order chi connectivity index (χ0) is 23.2. The number of pyridine rings is 2. The van der Waals surface area contributed by atoms with Crippen LogP contribution in [-0.4, -0.2) is 42.7 Å². The lowest BCUT2D eigenvalue weighted by Gasteiger charge is -2.31. The number of fused-ring (bicyclic) bond motifs is 4. The number of nitrogens with one attached hydrogen (secondary N) is 1. The van der Waals surface area contributed by atoms with Crippen LogP contribution < -0.4 is 10.9 Å². The Bertz CT molecular complexity index is 1440. The van der Waals surface area contributed by atoms with Crippen LogP contribution in [-0.2, 0) is 13.1 Å². The molecule has 2 saturated carbocycles. The van der Waals surface area contributed by atoms with Gasteiger partial charge in [-0.25, -0.2) is 9.97 Å². The van der Waals surface area contributed by atoms with Crippen molar-refractivity contribution in [1.29, 1.82) is 0 Å². The molecular weight excluding hydrogens is 428 g/mol. The lowest BCUT2D eigenvalue weighted by Crippen LogP contribution is -2.35. The van der Waals surface area contributed by atoms with Gasteiger partial charge in [0.1, 0.15) is 17.0 Å². The quantitative estimate of drug-likeness (QED) is 0.482. The van der Waals surface area contributed by atoms with Gasteiger partial charge >= 0.3 is 0 Å². The second-order valence-corrected chi connectivity index (χ2v) is 9.78. The van der Waals surface area contributed by atoms with Gasteiger partial charge < -0.3 is 9.72 Å². The first-order valence-electron chi connectivity index (χ1n) is 12.0. The Labute approximate surface area is 197 Å².